The number of benzene rings is 1. The average Bonchev–Trinajstić information content (AvgIpc) is 3.10. The van der Waals surface area contributed by atoms with E-state index in [2.05, 4.69) is 15.6 Å². The number of hydrogen-bond donors (Lipinski definition) is 2. The topological polar surface area (TPSA) is 63.2 Å². The number of aromatic nitrogens is 1. The van der Waals surface area contributed by atoms with Crippen molar-refractivity contribution in [2.24, 2.45) is 0 Å². The highest BCUT2D eigenvalue weighted by Crippen LogP contribution is 2.28. The number of hydrogen-bond acceptors (Lipinski definition) is 4. The minimum absolute atomic E-state index is 0.111. The molecule has 1 aromatic carbocycles. The highest BCUT2D eigenvalue weighted by atomic mass is 35.5. The Morgan fingerprint density at radius 1 is 1.29 bits per heavy atom. The van der Waals surface area contributed by atoms with Crippen LogP contribution < -0.4 is 10.6 Å². The molecule has 24 heavy (non-hydrogen) atoms. The summed E-state index contributed by atoms with van der Waals surface area (Å²) in [5.41, 5.74) is 1.76. The Hall–Kier alpha value is -1.82. The largest absolute Gasteiger partial charge is 0.376 e. The first-order valence-electron chi connectivity index (χ1n) is 7.70. The van der Waals surface area contributed by atoms with Crippen LogP contribution in [0.4, 0.5) is 11.4 Å². The van der Waals surface area contributed by atoms with Crippen LogP contribution in [0.3, 0.4) is 0 Å². The Labute approximate surface area is 150 Å². The van der Waals surface area contributed by atoms with Crippen LogP contribution >= 0.6 is 23.2 Å². The molecule has 0 saturated carbocycles. The first kappa shape index (κ1) is 17.0. The SMILES string of the molecule is O=C(NCC1CCCO1)c1ccc(Nc2cc(Cl)ccc2Cl)cn1. The minimum atomic E-state index is -0.210. The molecule has 0 radical (unpaired) electrons. The van der Waals surface area contributed by atoms with Crippen LogP contribution in [0.5, 0.6) is 0 Å². The van der Waals surface area contributed by atoms with E-state index >= 15 is 0 Å². The Balaban J connectivity index is 1.60. The summed E-state index contributed by atoms with van der Waals surface area (Å²) in [6.07, 6.45) is 3.72. The molecule has 2 N–H and O–H groups in total. The lowest BCUT2D eigenvalue weighted by Crippen LogP contribution is -2.32. The van der Waals surface area contributed by atoms with Crippen molar-refractivity contribution in [3.8, 4) is 0 Å². The quantitative estimate of drug-likeness (QED) is 0.838. The van der Waals surface area contributed by atoms with Crippen LogP contribution in [0.25, 0.3) is 0 Å². The number of rotatable bonds is 5. The van der Waals surface area contributed by atoms with Crippen molar-refractivity contribution in [3.63, 3.8) is 0 Å². The summed E-state index contributed by atoms with van der Waals surface area (Å²) in [4.78, 5) is 16.3. The smallest absolute Gasteiger partial charge is 0.269 e. The fourth-order valence-electron chi connectivity index (χ4n) is 2.45. The molecular formula is C17H17Cl2N3O2. The molecule has 2 aromatic rings. The van der Waals surface area contributed by atoms with Crippen molar-refractivity contribution < 1.29 is 9.53 Å². The second-order valence-electron chi connectivity index (χ2n) is 5.53. The van der Waals surface area contributed by atoms with E-state index in [0.29, 0.717) is 28.0 Å². The monoisotopic (exact) mass is 365 g/mol. The fraction of sp³-hybridized carbons (Fsp3) is 0.294. The van der Waals surface area contributed by atoms with E-state index in [-0.39, 0.29) is 12.0 Å². The predicted molar refractivity (Wildman–Crippen MR) is 95.3 cm³/mol. The lowest BCUT2D eigenvalue weighted by Gasteiger charge is -2.11. The van der Waals surface area contributed by atoms with Gasteiger partial charge in [0, 0.05) is 18.2 Å². The Kier molecular flexibility index (Phi) is 5.56. The van der Waals surface area contributed by atoms with E-state index in [1.54, 1.807) is 36.5 Å². The zero-order valence-corrected chi connectivity index (χ0v) is 14.4. The van der Waals surface area contributed by atoms with Crippen molar-refractivity contribution in [2.75, 3.05) is 18.5 Å². The highest BCUT2D eigenvalue weighted by molar-refractivity contribution is 6.35. The van der Waals surface area contributed by atoms with Gasteiger partial charge in [0.2, 0.25) is 0 Å². The molecule has 3 rings (SSSR count). The van der Waals surface area contributed by atoms with Crippen LogP contribution in [-0.2, 0) is 4.74 Å². The molecule has 1 saturated heterocycles. The van der Waals surface area contributed by atoms with Crippen molar-refractivity contribution >= 4 is 40.5 Å². The second-order valence-corrected chi connectivity index (χ2v) is 6.37. The maximum atomic E-state index is 12.1. The van der Waals surface area contributed by atoms with E-state index in [4.69, 9.17) is 27.9 Å². The number of nitrogens with one attached hydrogen (secondary N) is 2. The standard InChI is InChI=1S/C17H17Cl2N3O2/c18-11-3-5-14(19)16(8-11)22-12-4-6-15(20-9-12)17(23)21-10-13-2-1-7-24-13/h3-6,8-9,13,22H,1-2,7,10H2,(H,21,23). The van der Waals surface area contributed by atoms with Crippen molar-refractivity contribution in [3.05, 3.63) is 52.3 Å². The number of ether oxygens (including phenoxy) is 1. The summed E-state index contributed by atoms with van der Waals surface area (Å²) in [5.74, 6) is -0.210. The van der Waals surface area contributed by atoms with Gasteiger partial charge < -0.3 is 15.4 Å². The second kappa shape index (κ2) is 7.83. The van der Waals surface area contributed by atoms with E-state index in [1.807, 2.05) is 0 Å². The molecule has 1 atom stereocenters. The molecule has 7 heteroatoms. The van der Waals surface area contributed by atoms with Gasteiger partial charge in [-0.1, -0.05) is 23.2 Å². The number of carbonyl (C=O) groups excluding carboxylic acids is 1. The normalized spacial score (nSPS) is 16.8. The van der Waals surface area contributed by atoms with E-state index in [0.717, 1.165) is 25.1 Å². The summed E-state index contributed by atoms with van der Waals surface area (Å²) < 4.78 is 5.48. The summed E-state index contributed by atoms with van der Waals surface area (Å²) in [7, 11) is 0. The Morgan fingerprint density at radius 2 is 2.17 bits per heavy atom. The lowest BCUT2D eigenvalue weighted by atomic mass is 10.2. The predicted octanol–water partition coefficient (Wildman–Crippen LogP) is 4.04. The first-order chi connectivity index (χ1) is 11.6. The Morgan fingerprint density at radius 3 is 2.88 bits per heavy atom. The van der Waals surface area contributed by atoms with Gasteiger partial charge in [-0.2, -0.15) is 0 Å². The molecule has 2 heterocycles. The zero-order chi connectivity index (χ0) is 16.9. The number of anilines is 2. The van der Waals surface area contributed by atoms with Gasteiger partial charge >= 0.3 is 0 Å². The molecule has 1 unspecified atom stereocenters. The summed E-state index contributed by atoms with van der Waals surface area (Å²) in [6, 6.07) is 8.59. The summed E-state index contributed by atoms with van der Waals surface area (Å²) in [5, 5.41) is 7.10. The maximum Gasteiger partial charge on any atom is 0.269 e. The van der Waals surface area contributed by atoms with E-state index < -0.39 is 0 Å². The third-order valence-electron chi connectivity index (χ3n) is 3.72. The molecule has 0 bridgehead atoms. The molecule has 126 valence electrons. The lowest BCUT2D eigenvalue weighted by molar-refractivity contribution is 0.0854. The van der Waals surface area contributed by atoms with Gasteiger partial charge in [0.25, 0.3) is 5.91 Å². The highest BCUT2D eigenvalue weighted by Gasteiger charge is 2.17. The third-order valence-corrected chi connectivity index (χ3v) is 4.28. The minimum Gasteiger partial charge on any atom is -0.376 e. The van der Waals surface area contributed by atoms with E-state index in [9.17, 15) is 4.79 Å². The van der Waals surface area contributed by atoms with Crippen LogP contribution in [0, 0.1) is 0 Å². The summed E-state index contributed by atoms with van der Waals surface area (Å²) in [6.45, 7) is 1.28. The van der Waals surface area contributed by atoms with Gasteiger partial charge in [-0.05, 0) is 43.2 Å². The van der Waals surface area contributed by atoms with Crippen LogP contribution in [0.2, 0.25) is 10.0 Å². The molecule has 1 aliphatic heterocycles. The average molecular weight is 366 g/mol. The maximum absolute atomic E-state index is 12.1. The Bertz CT molecular complexity index is 716. The first-order valence-corrected chi connectivity index (χ1v) is 8.45. The van der Waals surface area contributed by atoms with Crippen molar-refractivity contribution in [1.29, 1.82) is 0 Å². The number of halogens is 2. The van der Waals surface area contributed by atoms with E-state index in [1.165, 1.54) is 0 Å². The zero-order valence-electron chi connectivity index (χ0n) is 12.9. The van der Waals surface area contributed by atoms with Gasteiger partial charge in [-0.25, -0.2) is 4.98 Å². The number of carbonyl (C=O) groups is 1. The third kappa shape index (κ3) is 4.38. The van der Waals surface area contributed by atoms with Gasteiger partial charge in [0.1, 0.15) is 5.69 Å². The van der Waals surface area contributed by atoms with Crippen LogP contribution in [0.1, 0.15) is 23.3 Å². The van der Waals surface area contributed by atoms with Crippen molar-refractivity contribution in [1.82, 2.24) is 10.3 Å². The fourth-order valence-corrected chi connectivity index (χ4v) is 2.79. The van der Waals surface area contributed by atoms with Crippen LogP contribution in [0.15, 0.2) is 36.5 Å². The van der Waals surface area contributed by atoms with Gasteiger partial charge in [0.15, 0.2) is 0 Å². The number of nitrogens with zero attached hydrogens (tertiary/aromatic N) is 1. The molecule has 1 aromatic heterocycles. The van der Waals surface area contributed by atoms with Gasteiger partial charge in [0.05, 0.1) is 28.7 Å². The number of pyridine rings is 1. The van der Waals surface area contributed by atoms with Crippen molar-refractivity contribution in [2.45, 2.75) is 18.9 Å². The molecule has 5 nitrogen and oxygen atoms in total. The number of amides is 1. The summed E-state index contributed by atoms with van der Waals surface area (Å²) >= 11 is 12.1. The molecular weight excluding hydrogens is 349 g/mol. The van der Waals surface area contributed by atoms with Crippen LogP contribution in [-0.4, -0.2) is 30.1 Å². The molecule has 0 spiro atoms. The van der Waals surface area contributed by atoms with Gasteiger partial charge in [-0.15, -0.1) is 0 Å². The van der Waals surface area contributed by atoms with Gasteiger partial charge in [-0.3, -0.25) is 4.79 Å². The molecule has 0 aliphatic carbocycles. The molecule has 1 aliphatic rings. The molecule has 1 amide bonds. The molecule has 1 fully saturated rings.